The molecule has 76 valence electrons. The van der Waals surface area contributed by atoms with Crippen LogP contribution in [0.2, 0.25) is 0 Å². The summed E-state index contributed by atoms with van der Waals surface area (Å²) in [6.07, 6.45) is 2.79. The topological polar surface area (TPSA) is 36.2 Å². The number of halogens is 1. The van der Waals surface area contributed by atoms with Crippen LogP contribution in [-0.2, 0) is 0 Å². The molecule has 0 saturated carbocycles. The van der Waals surface area contributed by atoms with Crippen LogP contribution in [-0.4, -0.2) is 0 Å². The number of hydrogen-bond donors (Lipinski definition) is 0. The zero-order chi connectivity index (χ0) is 10.7. The Bertz CT molecular complexity index is 456. The van der Waals surface area contributed by atoms with Crippen LogP contribution in [0.4, 0.5) is 0 Å². The van der Waals surface area contributed by atoms with Gasteiger partial charge in [0.05, 0.1) is 4.47 Å². The fourth-order valence-electron chi connectivity index (χ4n) is 1.12. The second-order valence-corrected chi connectivity index (χ2v) is 3.78. The number of hydrogen-bond acceptors (Lipinski definition) is 2. The molecule has 1 aromatic carbocycles. The minimum atomic E-state index is 0.633. The molecule has 0 spiro atoms. The molecule has 15 heavy (non-hydrogen) atoms. The van der Waals surface area contributed by atoms with E-state index in [0.29, 0.717) is 10.5 Å². The molecule has 1 heterocycles. The van der Waals surface area contributed by atoms with E-state index in [2.05, 4.69) is 15.9 Å². The summed E-state index contributed by atoms with van der Waals surface area (Å²) < 4.78 is 7.16. The first-order chi connectivity index (χ1) is 7.25. The highest BCUT2D eigenvalue weighted by atomic mass is 79.9. The largest absolute Gasteiger partial charge is 0.619 e. The van der Waals surface area contributed by atoms with Gasteiger partial charge in [-0.15, -0.1) is 0 Å². The second kappa shape index (κ2) is 4.31. The molecule has 0 aliphatic heterocycles. The Hall–Kier alpha value is -1.55. The lowest BCUT2D eigenvalue weighted by Crippen LogP contribution is -2.23. The Morgan fingerprint density at radius 1 is 1.07 bits per heavy atom. The maximum absolute atomic E-state index is 10.8. The summed E-state index contributed by atoms with van der Waals surface area (Å²) in [6.45, 7) is 0. The van der Waals surface area contributed by atoms with Crippen molar-refractivity contribution in [3.05, 3.63) is 58.5 Å². The van der Waals surface area contributed by atoms with E-state index < -0.39 is 0 Å². The van der Waals surface area contributed by atoms with Gasteiger partial charge < -0.3 is 9.94 Å². The molecule has 0 amide bonds. The van der Waals surface area contributed by atoms with Gasteiger partial charge >= 0.3 is 0 Å². The summed E-state index contributed by atoms with van der Waals surface area (Å²) in [6, 6.07) is 10.8. The third kappa shape index (κ3) is 2.47. The molecule has 2 rings (SSSR count). The highest BCUT2D eigenvalue weighted by Gasteiger charge is 2.01. The molecule has 0 saturated heterocycles. The predicted octanol–water partition coefficient (Wildman–Crippen LogP) is 2.87. The molecule has 0 radical (unpaired) electrons. The molecule has 0 aliphatic rings. The molecule has 0 N–H and O–H groups in total. The summed E-state index contributed by atoms with van der Waals surface area (Å²) in [4.78, 5) is 0. The first-order valence-electron chi connectivity index (χ1n) is 4.37. The van der Waals surface area contributed by atoms with Crippen LogP contribution in [0, 0.1) is 5.21 Å². The van der Waals surface area contributed by atoms with Crippen molar-refractivity contribution in [3.63, 3.8) is 0 Å². The van der Waals surface area contributed by atoms with Crippen molar-refractivity contribution in [2.45, 2.75) is 0 Å². The van der Waals surface area contributed by atoms with E-state index in [4.69, 9.17) is 4.74 Å². The van der Waals surface area contributed by atoms with E-state index in [1.165, 1.54) is 12.4 Å². The average Bonchev–Trinajstić information content (AvgIpc) is 2.25. The quantitative estimate of drug-likeness (QED) is 0.619. The summed E-state index contributed by atoms with van der Waals surface area (Å²) >= 11 is 3.38. The van der Waals surface area contributed by atoms with Gasteiger partial charge in [-0.1, -0.05) is 12.1 Å². The van der Waals surface area contributed by atoms with Gasteiger partial charge in [0, 0.05) is 12.1 Å². The van der Waals surface area contributed by atoms with Crippen molar-refractivity contribution in [1.82, 2.24) is 0 Å². The summed E-state index contributed by atoms with van der Waals surface area (Å²) in [7, 11) is 0. The smallest absolute Gasteiger partial charge is 0.184 e. The number of para-hydroxylation sites is 1. The van der Waals surface area contributed by atoms with Crippen LogP contribution < -0.4 is 9.47 Å². The van der Waals surface area contributed by atoms with Gasteiger partial charge in [0.1, 0.15) is 11.5 Å². The second-order valence-electron chi connectivity index (χ2n) is 2.93. The Labute approximate surface area is 95.6 Å². The van der Waals surface area contributed by atoms with Gasteiger partial charge in [-0.2, -0.15) is 4.73 Å². The number of pyridine rings is 1. The van der Waals surface area contributed by atoms with Crippen molar-refractivity contribution in [3.8, 4) is 11.5 Å². The van der Waals surface area contributed by atoms with Crippen molar-refractivity contribution in [2.75, 3.05) is 0 Å². The first-order valence-corrected chi connectivity index (χ1v) is 5.16. The Morgan fingerprint density at radius 2 is 1.73 bits per heavy atom. The van der Waals surface area contributed by atoms with E-state index in [9.17, 15) is 5.21 Å². The van der Waals surface area contributed by atoms with Crippen molar-refractivity contribution >= 4 is 15.9 Å². The molecule has 0 aliphatic carbocycles. The molecule has 2 aromatic rings. The molecule has 1 aromatic heterocycles. The molecule has 3 nitrogen and oxygen atoms in total. The van der Waals surface area contributed by atoms with Gasteiger partial charge in [0.15, 0.2) is 12.4 Å². The molecular formula is C11H8BrNO2. The van der Waals surface area contributed by atoms with Gasteiger partial charge in [-0.25, -0.2) is 0 Å². The molecule has 0 bridgehead atoms. The van der Waals surface area contributed by atoms with Crippen LogP contribution in [0.3, 0.4) is 0 Å². The lowest BCUT2D eigenvalue weighted by Gasteiger charge is -2.06. The normalized spacial score (nSPS) is 9.93. The molecule has 0 unspecified atom stereocenters. The number of rotatable bonds is 2. The number of ether oxygens (including phenoxy) is 1. The highest BCUT2D eigenvalue weighted by Crippen LogP contribution is 2.28. The van der Waals surface area contributed by atoms with Crippen molar-refractivity contribution in [2.24, 2.45) is 0 Å². The van der Waals surface area contributed by atoms with Crippen molar-refractivity contribution < 1.29 is 9.47 Å². The maximum Gasteiger partial charge on any atom is 0.184 e. The van der Waals surface area contributed by atoms with E-state index >= 15 is 0 Å². The SMILES string of the molecule is [O-][n+]1ccc(Oc2ccccc2Br)cc1. The van der Waals surface area contributed by atoms with Crippen LogP contribution in [0.1, 0.15) is 0 Å². The first kappa shape index (κ1) is 9.98. The van der Waals surface area contributed by atoms with E-state index in [1.54, 1.807) is 12.1 Å². The Morgan fingerprint density at radius 3 is 2.40 bits per heavy atom. The number of benzene rings is 1. The van der Waals surface area contributed by atoms with Crippen molar-refractivity contribution in [1.29, 1.82) is 0 Å². The van der Waals surface area contributed by atoms with Crippen LogP contribution in [0.15, 0.2) is 53.3 Å². The Kier molecular flexibility index (Phi) is 2.87. The summed E-state index contributed by atoms with van der Waals surface area (Å²) in [5.41, 5.74) is 0. The van der Waals surface area contributed by atoms with E-state index in [0.717, 1.165) is 10.2 Å². The molecule has 4 heteroatoms. The highest BCUT2D eigenvalue weighted by molar-refractivity contribution is 9.10. The van der Waals surface area contributed by atoms with Crippen LogP contribution in [0.5, 0.6) is 11.5 Å². The third-order valence-corrected chi connectivity index (χ3v) is 2.49. The third-order valence-electron chi connectivity index (χ3n) is 1.84. The zero-order valence-corrected chi connectivity index (χ0v) is 9.35. The minimum Gasteiger partial charge on any atom is -0.619 e. The minimum absolute atomic E-state index is 0.633. The monoisotopic (exact) mass is 265 g/mol. The van der Waals surface area contributed by atoms with Gasteiger partial charge in [0.25, 0.3) is 0 Å². The lowest BCUT2D eigenvalue weighted by atomic mass is 10.3. The van der Waals surface area contributed by atoms with Gasteiger partial charge in [0.2, 0.25) is 0 Å². The van der Waals surface area contributed by atoms with E-state index in [1.807, 2.05) is 24.3 Å². The van der Waals surface area contributed by atoms with Gasteiger partial charge in [-0.05, 0) is 28.1 Å². The maximum atomic E-state index is 10.8. The number of nitrogens with zero attached hydrogens (tertiary/aromatic N) is 1. The molecular weight excluding hydrogens is 258 g/mol. The number of aromatic nitrogens is 1. The fourth-order valence-corrected chi connectivity index (χ4v) is 1.49. The molecule has 0 atom stereocenters. The van der Waals surface area contributed by atoms with Crippen LogP contribution >= 0.6 is 15.9 Å². The summed E-state index contributed by atoms with van der Waals surface area (Å²) in [5, 5.41) is 10.8. The standard InChI is InChI=1S/C11H8BrNO2/c12-10-3-1-2-4-11(10)15-9-5-7-13(14)8-6-9/h1-8H. The van der Waals surface area contributed by atoms with E-state index in [-0.39, 0.29) is 0 Å². The molecule has 0 fully saturated rings. The summed E-state index contributed by atoms with van der Waals surface area (Å²) in [5.74, 6) is 1.36. The van der Waals surface area contributed by atoms with Gasteiger partial charge in [-0.3, -0.25) is 0 Å². The average molecular weight is 266 g/mol. The zero-order valence-electron chi connectivity index (χ0n) is 7.76. The Balaban J connectivity index is 2.22. The van der Waals surface area contributed by atoms with Crippen LogP contribution in [0.25, 0.3) is 0 Å². The fraction of sp³-hybridized carbons (Fsp3) is 0. The lowest BCUT2D eigenvalue weighted by molar-refractivity contribution is -0.605. The predicted molar refractivity (Wildman–Crippen MR) is 59.6 cm³/mol.